The minimum Gasteiger partial charge on any atom is -0.418 e. The van der Waals surface area contributed by atoms with E-state index in [1.54, 1.807) is 12.1 Å². The van der Waals surface area contributed by atoms with E-state index in [0.29, 0.717) is 35.3 Å². The minimum atomic E-state index is -4.36. The van der Waals surface area contributed by atoms with Gasteiger partial charge in [0.05, 0.1) is 23.4 Å². The molecule has 1 N–H and O–H groups in total. The lowest BCUT2D eigenvalue weighted by Crippen LogP contribution is -2.18. The summed E-state index contributed by atoms with van der Waals surface area (Å²) in [5.41, 5.74) is 1.13. The van der Waals surface area contributed by atoms with Crippen LogP contribution in [0, 0.1) is 0 Å². The van der Waals surface area contributed by atoms with E-state index < -0.39 is 11.7 Å². The predicted molar refractivity (Wildman–Crippen MR) is 87.8 cm³/mol. The van der Waals surface area contributed by atoms with Crippen molar-refractivity contribution in [1.82, 2.24) is 10.2 Å². The summed E-state index contributed by atoms with van der Waals surface area (Å²) in [5.74, 6) is 0.751. The van der Waals surface area contributed by atoms with Gasteiger partial charge >= 0.3 is 6.18 Å². The van der Waals surface area contributed by atoms with Crippen LogP contribution in [0.25, 0.3) is 11.5 Å². The van der Waals surface area contributed by atoms with Crippen LogP contribution < -0.4 is 5.32 Å². The van der Waals surface area contributed by atoms with Crippen LogP contribution in [0.1, 0.15) is 24.0 Å². The van der Waals surface area contributed by atoms with Crippen LogP contribution >= 0.6 is 0 Å². The number of aromatic nitrogens is 2. The Morgan fingerprint density at radius 1 is 1.00 bits per heavy atom. The van der Waals surface area contributed by atoms with Crippen molar-refractivity contribution in [2.45, 2.75) is 18.7 Å². The molecule has 1 fully saturated rings. The summed E-state index contributed by atoms with van der Waals surface area (Å²) in [6, 6.07) is 12.0. The minimum absolute atomic E-state index is 0.161. The molecule has 8 heteroatoms. The van der Waals surface area contributed by atoms with E-state index in [2.05, 4.69) is 15.5 Å². The number of para-hydroxylation sites is 1. The van der Waals surface area contributed by atoms with Gasteiger partial charge in [-0.05, 0) is 36.4 Å². The summed E-state index contributed by atoms with van der Waals surface area (Å²) >= 11 is 0. The van der Waals surface area contributed by atoms with E-state index in [1.807, 2.05) is 12.1 Å². The van der Waals surface area contributed by atoms with Gasteiger partial charge in [0.2, 0.25) is 11.8 Å². The Morgan fingerprint density at radius 2 is 1.73 bits per heavy atom. The van der Waals surface area contributed by atoms with Gasteiger partial charge in [0.15, 0.2) is 0 Å². The van der Waals surface area contributed by atoms with Gasteiger partial charge < -0.3 is 14.5 Å². The summed E-state index contributed by atoms with van der Waals surface area (Å²) in [5, 5.41) is 11.1. The fourth-order valence-corrected chi connectivity index (χ4v) is 2.58. The molecule has 0 bridgehead atoms. The molecule has 1 aliphatic rings. The van der Waals surface area contributed by atoms with E-state index in [9.17, 15) is 13.2 Å². The van der Waals surface area contributed by atoms with Crippen molar-refractivity contribution < 1.29 is 22.3 Å². The molecule has 1 aliphatic heterocycles. The van der Waals surface area contributed by atoms with Crippen molar-refractivity contribution in [1.29, 1.82) is 0 Å². The van der Waals surface area contributed by atoms with Crippen LogP contribution in [0.15, 0.2) is 52.9 Å². The average Bonchev–Trinajstić information content (AvgIpc) is 3.02. The topological polar surface area (TPSA) is 60.2 Å². The Bertz CT molecular complexity index is 903. The Morgan fingerprint density at radius 3 is 2.38 bits per heavy atom. The summed E-state index contributed by atoms with van der Waals surface area (Å²) in [4.78, 5) is 0. The Labute approximate surface area is 146 Å². The first-order valence-electron chi connectivity index (χ1n) is 7.99. The molecule has 2 heterocycles. The van der Waals surface area contributed by atoms with Crippen LogP contribution in [0.3, 0.4) is 0 Å². The van der Waals surface area contributed by atoms with Crippen LogP contribution in [-0.2, 0) is 10.9 Å². The molecule has 2 aromatic carbocycles. The molecule has 5 nitrogen and oxygen atoms in total. The molecule has 4 rings (SSSR count). The molecule has 0 spiro atoms. The number of rotatable bonds is 4. The normalized spacial score (nSPS) is 17.0. The van der Waals surface area contributed by atoms with Crippen molar-refractivity contribution in [3.63, 3.8) is 0 Å². The van der Waals surface area contributed by atoms with Crippen molar-refractivity contribution in [3.05, 3.63) is 60.0 Å². The highest BCUT2D eigenvalue weighted by atomic mass is 19.4. The third-order valence-electron chi connectivity index (χ3n) is 4.06. The number of alkyl halides is 3. The second kappa shape index (κ2) is 6.45. The van der Waals surface area contributed by atoms with Crippen LogP contribution in [0.2, 0.25) is 0 Å². The van der Waals surface area contributed by atoms with Gasteiger partial charge in [0.25, 0.3) is 0 Å². The van der Waals surface area contributed by atoms with Crippen molar-refractivity contribution >= 4 is 11.4 Å². The molecule has 0 amide bonds. The zero-order valence-corrected chi connectivity index (χ0v) is 13.5. The highest BCUT2D eigenvalue weighted by Crippen LogP contribution is 2.34. The van der Waals surface area contributed by atoms with E-state index in [1.165, 1.54) is 12.1 Å². The second-order valence-corrected chi connectivity index (χ2v) is 5.84. The van der Waals surface area contributed by atoms with E-state index in [0.717, 1.165) is 18.6 Å². The van der Waals surface area contributed by atoms with E-state index in [-0.39, 0.29) is 6.10 Å². The lowest BCUT2D eigenvalue weighted by Gasteiger charge is -2.22. The van der Waals surface area contributed by atoms with Gasteiger partial charge in [0.1, 0.15) is 6.10 Å². The summed E-state index contributed by atoms with van der Waals surface area (Å²) in [6.07, 6.45) is -3.68. The highest BCUT2D eigenvalue weighted by Gasteiger charge is 2.30. The Kier molecular flexibility index (Phi) is 4.12. The smallest absolute Gasteiger partial charge is 0.416 e. The molecule has 1 saturated heterocycles. The molecule has 0 radical (unpaired) electrons. The lowest BCUT2D eigenvalue weighted by atomic mass is 10.1. The number of ether oxygens (including phenoxy) is 1. The molecule has 26 heavy (non-hydrogen) atoms. The van der Waals surface area contributed by atoms with Gasteiger partial charge in [-0.3, -0.25) is 0 Å². The molecule has 0 saturated carbocycles. The number of benzene rings is 2. The first-order valence-corrected chi connectivity index (χ1v) is 7.99. The van der Waals surface area contributed by atoms with Gasteiger partial charge in [-0.2, -0.15) is 13.2 Å². The highest BCUT2D eigenvalue weighted by molar-refractivity contribution is 5.76. The first kappa shape index (κ1) is 16.6. The number of nitrogens with zero attached hydrogens (tertiary/aromatic N) is 2. The molecule has 1 atom stereocenters. The zero-order chi connectivity index (χ0) is 18.1. The number of nitrogens with one attached hydrogen (secondary N) is 1. The fourth-order valence-electron chi connectivity index (χ4n) is 2.58. The maximum absolute atomic E-state index is 12.7. The molecular formula is C18H14F3N3O2. The van der Waals surface area contributed by atoms with Crippen molar-refractivity contribution in [3.8, 4) is 11.5 Å². The van der Waals surface area contributed by atoms with Crippen LogP contribution in [-0.4, -0.2) is 16.8 Å². The lowest BCUT2D eigenvalue weighted by molar-refractivity contribution is -0.137. The van der Waals surface area contributed by atoms with Crippen LogP contribution in [0.4, 0.5) is 24.5 Å². The second-order valence-electron chi connectivity index (χ2n) is 5.84. The molecule has 0 aliphatic carbocycles. The third-order valence-corrected chi connectivity index (χ3v) is 4.06. The van der Waals surface area contributed by atoms with Gasteiger partial charge in [-0.1, -0.05) is 12.1 Å². The Hall–Kier alpha value is -2.87. The van der Waals surface area contributed by atoms with E-state index in [4.69, 9.17) is 9.15 Å². The average molecular weight is 361 g/mol. The zero-order valence-electron chi connectivity index (χ0n) is 13.5. The molecule has 134 valence electrons. The number of hydrogen-bond acceptors (Lipinski definition) is 5. The summed E-state index contributed by atoms with van der Waals surface area (Å²) < 4.78 is 49.0. The van der Waals surface area contributed by atoms with Gasteiger partial charge in [0, 0.05) is 12.1 Å². The van der Waals surface area contributed by atoms with Crippen LogP contribution in [0.5, 0.6) is 0 Å². The number of hydrogen-bond donors (Lipinski definition) is 1. The third kappa shape index (κ3) is 3.28. The molecule has 1 unspecified atom stereocenters. The molecular weight excluding hydrogens is 347 g/mol. The Balaban J connectivity index is 1.59. The first-order chi connectivity index (χ1) is 12.5. The molecule has 3 aromatic rings. The fraction of sp³-hybridized carbons (Fsp3) is 0.222. The maximum Gasteiger partial charge on any atom is 0.416 e. The summed E-state index contributed by atoms with van der Waals surface area (Å²) in [6.45, 7) is 0.675. The number of halogens is 3. The maximum atomic E-state index is 12.7. The quantitative estimate of drug-likeness (QED) is 0.712. The largest absolute Gasteiger partial charge is 0.418 e. The standard InChI is InChI=1S/C18H14F3N3O2/c19-18(20,21)11-5-7-12(8-6-11)22-14-4-2-1-3-13(14)16-23-24-17(26-16)15-9-10-25-15/h1-8,15,22H,9-10H2. The van der Waals surface area contributed by atoms with Gasteiger partial charge in [-0.15, -0.1) is 10.2 Å². The monoisotopic (exact) mass is 361 g/mol. The van der Waals surface area contributed by atoms with Crippen molar-refractivity contribution in [2.24, 2.45) is 0 Å². The molecule has 1 aromatic heterocycles. The predicted octanol–water partition coefficient (Wildman–Crippen LogP) is 4.96. The summed E-state index contributed by atoms with van der Waals surface area (Å²) in [7, 11) is 0. The SMILES string of the molecule is FC(F)(F)c1ccc(Nc2ccccc2-c2nnc(C3CCO3)o2)cc1. The number of anilines is 2. The van der Waals surface area contributed by atoms with E-state index >= 15 is 0 Å². The van der Waals surface area contributed by atoms with Gasteiger partial charge in [-0.25, -0.2) is 0 Å². The van der Waals surface area contributed by atoms with Crippen molar-refractivity contribution in [2.75, 3.05) is 11.9 Å².